The fourth-order valence-corrected chi connectivity index (χ4v) is 4.38. The van der Waals surface area contributed by atoms with Crippen molar-refractivity contribution in [3.8, 4) is 11.1 Å². The van der Waals surface area contributed by atoms with Crippen LogP contribution in [0.25, 0.3) is 11.1 Å². The summed E-state index contributed by atoms with van der Waals surface area (Å²) in [5.41, 5.74) is 3.87. The molecule has 2 bridgehead atoms. The largest absolute Gasteiger partial charge is 0.378 e. The maximum absolute atomic E-state index is 13.1. The summed E-state index contributed by atoms with van der Waals surface area (Å²) in [6.45, 7) is 0. The van der Waals surface area contributed by atoms with Gasteiger partial charge in [0.2, 0.25) is 0 Å². The molecule has 5 nitrogen and oxygen atoms in total. The molecule has 0 radical (unpaired) electrons. The Morgan fingerprint density at radius 2 is 1.59 bits per heavy atom. The first-order valence-corrected chi connectivity index (χ1v) is 9.77. The number of nitrogens with zero attached hydrogens (tertiary/aromatic N) is 3. The average Bonchev–Trinajstić information content (AvgIpc) is 3.04. The van der Waals surface area contributed by atoms with Gasteiger partial charge in [0.1, 0.15) is 0 Å². The van der Waals surface area contributed by atoms with E-state index in [0.717, 1.165) is 29.7 Å². The predicted octanol–water partition coefficient (Wildman–Crippen LogP) is 4.01. The van der Waals surface area contributed by atoms with Crippen molar-refractivity contribution in [2.75, 3.05) is 26.0 Å². The Kier molecular flexibility index (Phi) is 7.92. The first-order chi connectivity index (χ1) is 13.0. The lowest BCUT2D eigenvalue weighted by Gasteiger charge is -2.35. The van der Waals surface area contributed by atoms with E-state index in [1.807, 2.05) is 38.3 Å². The Bertz CT molecular complexity index is 816. The van der Waals surface area contributed by atoms with Crippen LogP contribution < -0.4 is 10.2 Å². The van der Waals surface area contributed by atoms with Crippen molar-refractivity contribution in [3.63, 3.8) is 0 Å². The van der Waals surface area contributed by atoms with Gasteiger partial charge in [0.05, 0.1) is 5.56 Å². The van der Waals surface area contributed by atoms with E-state index in [-0.39, 0.29) is 30.7 Å². The Balaban J connectivity index is 0.00000150. The van der Waals surface area contributed by atoms with Gasteiger partial charge in [0.25, 0.3) is 5.91 Å². The van der Waals surface area contributed by atoms with Gasteiger partial charge < -0.3 is 15.1 Å². The number of anilines is 1. The highest BCUT2D eigenvalue weighted by Gasteiger charge is 2.36. The standard InChI is InChI=1S/C22H28N4O.2ClH/c1-25(2)20-8-4-15(5-9-20)16-10-17(14-23-13-16)22(27)26(3)21-11-18-6-7-19(12-21)24-18;;/h4-5,8-10,13-14,18-19,21,24H,6-7,11-12H2,1-3H3;2*1H. The number of benzene rings is 1. The summed E-state index contributed by atoms with van der Waals surface area (Å²) in [4.78, 5) is 21.4. The minimum absolute atomic E-state index is 0. The van der Waals surface area contributed by atoms with Gasteiger partial charge in [0.15, 0.2) is 0 Å². The SMILES string of the molecule is CN(C)c1ccc(-c2cncc(C(=O)N(C)C3CC4CCC(C3)N4)c2)cc1.Cl.Cl. The monoisotopic (exact) mass is 436 g/mol. The van der Waals surface area contributed by atoms with Crippen LogP contribution in [0.15, 0.2) is 42.7 Å². The molecule has 0 spiro atoms. The number of carbonyl (C=O) groups is 1. The topological polar surface area (TPSA) is 48.5 Å². The van der Waals surface area contributed by atoms with Crippen molar-refractivity contribution in [2.45, 2.75) is 43.8 Å². The van der Waals surface area contributed by atoms with Crippen molar-refractivity contribution < 1.29 is 4.79 Å². The third kappa shape index (κ3) is 5.03. The van der Waals surface area contributed by atoms with Crippen molar-refractivity contribution in [1.82, 2.24) is 15.2 Å². The van der Waals surface area contributed by atoms with Gasteiger partial charge in [0, 0.05) is 62.9 Å². The highest BCUT2D eigenvalue weighted by molar-refractivity contribution is 5.95. The van der Waals surface area contributed by atoms with Gasteiger partial charge in [-0.2, -0.15) is 0 Å². The van der Waals surface area contributed by atoms with E-state index in [4.69, 9.17) is 0 Å². The lowest BCUT2D eigenvalue weighted by atomic mass is 9.97. The minimum Gasteiger partial charge on any atom is -0.378 e. The first-order valence-electron chi connectivity index (χ1n) is 9.77. The smallest absolute Gasteiger partial charge is 0.255 e. The highest BCUT2D eigenvalue weighted by atomic mass is 35.5. The Morgan fingerprint density at radius 3 is 2.17 bits per heavy atom. The van der Waals surface area contributed by atoms with Gasteiger partial charge in [-0.3, -0.25) is 9.78 Å². The van der Waals surface area contributed by atoms with E-state index >= 15 is 0 Å². The predicted molar refractivity (Wildman–Crippen MR) is 124 cm³/mol. The van der Waals surface area contributed by atoms with E-state index in [1.165, 1.54) is 12.8 Å². The molecule has 2 unspecified atom stereocenters. The number of carbonyl (C=O) groups excluding carboxylic acids is 1. The molecule has 3 heterocycles. The summed E-state index contributed by atoms with van der Waals surface area (Å²) in [5.74, 6) is 0.0700. The average molecular weight is 437 g/mol. The molecule has 1 aromatic carbocycles. The molecule has 1 N–H and O–H groups in total. The fraction of sp³-hybridized carbons (Fsp3) is 0.455. The van der Waals surface area contributed by atoms with Crippen molar-refractivity contribution in [1.29, 1.82) is 0 Å². The zero-order valence-electron chi connectivity index (χ0n) is 17.2. The second kappa shape index (κ2) is 9.79. The quantitative estimate of drug-likeness (QED) is 0.785. The first kappa shape index (κ1) is 23.5. The molecule has 2 atom stereocenters. The number of halogens is 2. The summed E-state index contributed by atoms with van der Waals surface area (Å²) in [7, 11) is 5.99. The third-order valence-electron chi connectivity index (χ3n) is 6.02. The van der Waals surface area contributed by atoms with E-state index < -0.39 is 0 Å². The zero-order valence-corrected chi connectivity index (χ0v) is 18.8. The molecular weight excluding hydrogens is 407 g/mol. The number of piperidine rings is 1. The number of nitrogens with one attached hydrogen (secondary N) is 1. The second-order valence-electron chi connectivity index (χ2n) is 8.08. The molecule has 2 aliphatic heterocycles. The summed E-state index contributed by atoms with van der Waals surface area (Å²) >= 11 is 0. The van der Waals surface area contributed by atoms with Crippen LogP contribution in [0.5, 0.6) is 0 Å². The van der Waals surface area contributed by atoms with Crippen LogP contribution in [-0.4, -0.2) is 55.1 Å². The maximum Gasteiger partial charge on any atom is 0.255 e. The van der Waals surface area contributed by atoms with Gasteiger partial charge in [-0.25, -0.2) is 0 Å². The second-order valence-corrected chi connectivity index (χ2v) is 8.08. The minimum atomic E-state index is 0. The number of amides is 1. The van der Waals surface area contributed by atoms with E-state index in [1.54, 1.807) is 6.20 Å². The van der Waals surface area contributed by atoms with Crippen LogP contribution in [0, 0.1) is 0 Å². The third-order valence-corrected chi connectivity index (χ3v) is 6.02. The molecule has 0 aliphatic carbocycles. The van der Waals surface area contributed by atoms with Crippen LogP contribution in [0.2, 0.25) is 0 Å². The molecule has 1 aromatic heterocycles. The maximum atomic E-state index is 13.1. The molecule has 0 saturated carbocycles. The lowest BCUT2D eigenvalue weighted by Crippen LogP contribution is -2.48. The van der Waals surface area contributed by atoms with Gasteiger partial charge in [-0.1, -0.05) is 12.1 Å². The summed E-state index contributed by atoms with van der Waals surface area (Å²) in [6.07, 6.45) is 8.10. The number of fused-ring (bicyclic) bond motifs is 2. The Morgan fingerprint density at radius 1 is 0.966 bits per heavy atom. The molecule has 2 saturated heterocycles. The molecule has 2 aromatic rings. The number of pyridine rings is 1. The Hall–Kier alpha value is -1.82. The van der Waals surface area contributed by atoms with Crippen LogP contribution in [-0.2, 0) is 0 Å². The van der Waals surface area contributed by atoms with E-state index in [2.05, 4.69) is 39.5 Å². The van der Waals surface area contributed by atoms with Crippen LogP contribution in [0.4, 0.5) is 5.69 Å². The molecule has 4 rings (SSSR count). The van der Waals surface area contributed by atoms with Crippen LogP contribution >= 0.6 is 24.8 Å². The van der Waals surface area contributed by atoms with Gasteiger partial charge in [-0.15, -0.1) is 24.8 Å². The van der Waals surface area contributed by atoms with E-state index in [0.29, 0.717) is 23.7 Å². The molecular formula is C22H30Cl2N4O. The number of rotatable bonds is 4. The molecule has 7 heteroatoms. The number of aromatic nitrogens is 1. The summed E-state index contributed by atoms with van der Waals surface area (Å²) < 4.78 is 0. The van der Waals surface area contributed by atoms with Gasteiger partial charge >= 0.3 is 0 Å². The zero-order chi connectivity index (χ0) is 19.0. The molecule has 158 valence electrons. The fourth-order valence-electron chi connectivity index (χ4n) is 4.38. The lowest BCUT2D eigenvalue weighted by molar-refractivity contribution is 0.0681. The number of hydrogen-bond acceptors (Lipinski definition) is 4. The van der Waals surface area contributed by atoms with Crippen molar-refractivity contribution >= 4 is 36.4 Å². The molecule has 2 fully saturated rings. The van der Waals surface area contributed by atoms with Crippen LogP contribution in [0.3, 0.4) is 0 Å². The van der Waals surface area contributed by atoms with Crippen LogP contribution in [0.1, 0.15) is 36.0 Å². The normalized spacial score (nSPS) is 22.2. The molecule has 29 heavy (non-hydrogen) atoms. The summed E-state index contributed by atoms with van der Waals surface area (Å²) in [5, 5.41) is 3.64. The van der Waals surface area contributed by atoms with Crippen molar-refractivity contribution in [2.24, 2.45) is 0 Å². The Labute approximate surface area is 185 Å². The van der Waals surface area contributed by atoms with E-state index in [9.17, 15) is 4.79 Å². The number of hydrogen-bond donors (Lipinski definition) is 1. The molecule has 1 amide bonds. The highest BCUT2D eigenvalue weighted by Crippen LogP contribution is 2.30. The van der Waals surface area contributed by atoms with Crippen molar-refractivity contribution in [3.05, 3.63) is 48.3 Å². The van der Waals surface area contributed by atoms with Gasteiger partial charge in [-0.05, 0) is 49.4 Å². The molecule has 2 aliphatic rings. The summed E-state index contributed by atoms with van der Waals surface area (Å²) in [6, 6.07) is 11.8.